The van der Waals surface area contributed by atoms with Crippen molar-refractivity contribution >= 4 is 16.9 Å². The van der Waals surface area contributed by atoms with Crippen LogP contribution in [0, 0.1) is 12.7 Å². The van der Waals surface area contributed by atoms with Gasteiger partial charge in [-0.15, -0.1) is 0 Å². The summed E-state index contributed by atoms with van der Waals surface area (Å²) in [6.07, 6.45) is 1.47. The van der Waals surface area contributed by atoms with E-state index in [4.69, 9.17) is 4.74 Å². The van der Waals surface area contributed by atoms with Crippen molar-refractivity contribution in [3.05, 3.63) is 42.1 Å². The smallest absolute Gasteiger partial charge is 0.168 e. The molecule has 0 amide bonds. The molecular formula is C15H16FN5O. The zero-order chi connectivity index (χ0) is 15.5. The number of hydrogen-bond acceptors (Lipinski definition) is 5. The van der Waals surface area contributed by atoms with Crippen LogP contribution in [0.4, 0.5) is 10.2 Å². The van der Waals surface area contributed by atoms with Gasteiger partial charge in [-0.25, -0.2) is 19.0 Å². The molecule has 0 bridgehead atoms. The van der Waals surface area contributed by atoms with Gasteiger partial charge in [0.25, 0.3) is 0 Å². The fraction of sp³-hybridized carbons (Fsp3) is 0.267. The Hall–Kier alpha value is -2.54. The van der Waals surface area contributed by atoms with Crippen LogP contribution in [-0.4, -0.2) is 40.0 Å². The molecule has 0 unspecified atom stereocenters. The molecular weight excluding hydrogens is 285 g/mol. The van der Waals surface area contributed by atoms with Gasteiger partial charge in [-0.1, -0.05) is 6.07 Å². The van der Waals surface area contributed by atoms with Gasteiger partial charge in [0.05, 0.1) is 23.4 Å². The van der Waals surface area contributed by atoms with Crippen LogP contribution in [0.25, 0.3) is 16.7 Å². The van der Waals surface area contributed by atoms with Gasteiger partial charge in [-0.05, 0) is 25.1 Å². The Morgan fingerprint density at radius 2 is 2.18 bits per heavy atom. The highest BCUT2D eigenvalue weighted by Crippen LogP contribution is 2.25. The second kappa shape index (κ2) is 6.07. The van der Waals surface area contributed by atoms with E-state index in [2.05, 4.69) is 20.4 Å². The van der Waals surface area contributed by atoms with Crippen LogP contribution in [0.2, 0.25) is 0 Å². The fourth-order valence-corrected chi connectivity index (χ4v) is 2.31. The highest BCUT2D eigenvalue weighted by atomic mass is 19.1. The van der Waals surface area contributed by atoms with Crippen molar-refractivity contribution in [2.75, 3.05) is 25.6 Å². The third-order valence-corrected chi connectivity index (χ3v) is 3.29. The predicted molar refractivity (Wildman–Crippen MR) is 81.7 cm³/mol. The maximum absolute atomic E-state index is 13.4. The number of halogens is 1. The molecule has 1 N–H and O–H groups in total. The molecule has 0 saturated heterocycles. The average molecular weight is 301 g/mol. The summed E-state index contributed by atoms with van der Waals surface area (Å²) in [6.45, 7) is 3.08. The van der Waals surface area contributed by atoms with E-state index in [1.165, 1.54) is 18.5 Å². The normalized spacial score (nSPS) is 11.0. The van der Waals surface area contributed by atoms with Crippen LogP contribution in [0.1, 0.15) is 5.69 Å². The van der Waals surface area contributed by atoms with Crippen molar-refractivity contribution in [1.82, 2.24) is 19.7 Å². The zero-order valence-corrected chi connectivity index (χ0v) is 12.4. The highest BCUT2D eigenvalue weighted by Gasteiger charge is 2.15. The quantitative estimate of drug-likeness (QED) is 0.733. The Morgan fingerprint density at radius 1 is 1.32 bits per heavy atom. The standard InChI is InChI=1S/C15H16FN5O/c1-10-13-14(17-6-7-22-2)18-9-19-15(13)21(20-10)12-5-3-4-11(16)8-12/h3-5,8-9H,6-7H2,1-2H3,(H,17,18,19). The van der Waals surface area contributed by atoms with Crippen LogP contribution in [0.5, 0.6) is 0 Å². The number of aromatic nitrogens is 4. The third-order valence-electron chi connectivity index (χ3n) is 3.29. The number of aryl methyl sites for hydroxylation is 1. The van der Waals surface area contributed by atoms with Crippen LogP contribution < -0.4 is 5.32 Å². The Bertz CT molecular complexity index is 802. The van der Waals surface area contributed by atoms with Crippen molar-refractivity contribution in [3.63, 3.8) is 0 Å². The number of nitrogens with zero attached hydrogens (tertiary/aromatic N) is 4. The first-order valence-corrected chi connectivity index (χ1v) is 6.90. The number of hydrogen-bond donors (Lipinski definition) is 1. The number of nitrogens with one attached hydrogen (secondary N) is 1. The van der Waals surface area contributed by atoms with E-state index in [1.807, 2.05) is 6.92 Å². The van der Waals surface area contributed by atoms with E-state index in [-0.39, 0.29) is 5.82 Å². The monoisotopic (exact) mass is 301 g/mol. The molecule has 3 rings (SSSR count). The van der Waals surface area contributed by atoms with Crippen molar-refractivity contribution in [2.45, 2.75) is 6.92 Å². The minimum atomic E-state index is -0.314. The van der Waals surface area contributed by atoms with Crippen LogP contribution in [0.3, 0.4) is 0 Å². The second-order valence-electron chi connectivity index (χ2n) is 4.82. The summed E-state index contributed by atoms with van der Waals surface area (Å²) in [5, 5.41) is 8.49. The molecule has 6 nitrogen and oxygen atoms in total. The van der Waals surface area contributed by atoms with E-state index in [0.29, 0.717) is 30.3 Å². The van der Waals surface area contributed by atoms with E-state index in [9.17, 15) is 4.39 Å². The molecule has 0 aliphatic heterocycles. The van der Waals surface area contributed by atoms with E-state index >= 15 is 0 Å². The lowest BCUT2D eigenvalue weighted by molar-refractivity contribution is 0.210. The van der Waals surface area contributed by atoms with Gasteiger partial charge in [-0.2, -0.15) is 5.10 Å². The summed E-state index contributed by atoms with van der Waals surface area (Å²) in [5.41, 5.74) is 2.04. The first-order valence-electron chi connectivity index (χ1n) is 6.90. The van der Waals surface area contributed by atoms with Crippen LogP contribution in [-0.2, 0) is 4.74 Å². The van der Waals surface area contributed by atoms with Gasteiger partial charge in [-0.3, -0.25) is 0 Å². The lowest BCUT2D eigenvalue weighted by Gasteiger charge is -2.06. The second-order valence-corrected chi connectivity index (χ2v) is 4.82. The van der Waals surface area contributed by atoms with Gasteiger partial charge in [0.2, 0.25) is 0 Å². The Balaban J connectivity index is 2.09. The number of benzene rings is 1. The molecule has 3 aromatic rings. The third kappa shape index (κ3) is 2.62. The Morgan fingerprint density at radius 3 is 2.95 bits per heavy atom. The van der Waals surface area contributed by atoms with Gasteiger partial charge >= 0.3 is 0 Å². The molecule has 0 aliphatic carbocycles. The summed E-state index contributed by atoms with van der Waals surface area (Å²) in [6, 6.07) is 6.25. The number of fused-ring (bicyclic) bond motifs is 1. The summed E-state index contributed by atoms with van der Waals surface area (Å²) >= 11 is 0. The van der Waals surface area contributed by atoms with Gasteiger partial charge in [0.15, 0.2) is 5.65 Å². The topological polar surface area (TPSA) is 64.9 Å². The lowest BCUT2D eigenvalue weighted by Crippen LogP contribution is -2.09. The summed E-state index contributed by atoms with van der Waals surface area (Å²) in [4.78, 5) is 8.55. The van der Waals surface area contributed by atoms with Crippen LogP contribution >= 0.6 is 0 Å². The molecule has 2 aromatic heterocycles. The number of anilines is 1. The summed E-state index contributed by atoms with van der Waals surface area (Å²) in [7, 11) is 1.64. The molecule has 0 radical (unpaired) electrons. The van der Waals surface area contributed by atoms with Crippen molar-refractivity contribution in [3.8, 4) is 5.69 Å². The van der Waals surface area contributed by atoms with Gasteiger partial charge in [0.1, 0.15) is 18.0 Å². The zero-order valence-electron chi connectivity index (χ0n) is 12.4. The first kappa shape index (κ1) is 14.4. The minimum absolute atomic E-state index is 0.314. The van der Waals surface area contributed by atoms with Gasteiger partial charge < -0.3 is 10.1 Å². The molecule has 0 fully saturated rings. The van der Waals surface area contributed by atoms with E-state index in [1.54, 1.807) is 23.9 Å². The first-order chi connectivity index (χ1) is 10.7. The highest BCUT2D eigenvalue weighted by molar-refractivity contribution is 5.90. The van der Waals surface area contributed by atoms with Crippen molar-refractivity contribution < 1.29 is 9.13 Å². The summed E-state index contributed by atoms with van der Waals surface area (Å²) in [5.74, 6) is 0.383. The van der Waals surface area contributed by atoms with E-state index < -0.39 is 0 Å². The lowest BCUT2D eigenvalue weighted by atomic mass is 10.3. The summed E-state index contributed by atoms with van der Waals surface area (Å²) < 4.78 is 20.1. The minimum Gasteiger partial charge on any atom is -0.383 e. The Kier molecular flexibility index (Phi) is 3.97. The molecule has 7 heteroatoms. The molecule has 114 valence electrons. The molecule has 0 saturated carbocycles. The SMILES string of the molecule is COCCNc1ncnc2c1c(C)nn2-c1cccc(F)c1. The molecule has 22 heavy (non-hydrogen) atoms. The number of rotatable bonds is 5. The van der Waals surface area contributed by atoms with E-state index in [0.717, 1.165) is 11.1 Å². The average Bonchev–Trinajstić information content (AvgIpc) is 2.86. The molecule has 0 aliphatic rings. The molecule has 2 heterocycles. The maximum Gasteiger partial charge on any atom is 0.168 e. The molecule has 1 aromatic carbocycles. The van der Waals surface area contributed by atoms with Crippen LogP contribution in [0.15, 0.2) is 30.6 Å². The largest absolute Gasteiger partial charge is 0.383 e. The van der Waals surface area contributed by atoms with Crippen molar-refractivity contribution in [1.29, 1.82) is 0 Å². The maximum atomic E-state index is 13.4. The Labute approximate surface area is 127 Å². The van der Waals surface area contributed by atoms with Gasteiger partial charge in [0, 0.05) is 13.7 Å². The number of ether oxygens (including phenoxy) is 1. The number of methoxy groups -OCH3 is 1. The predicted octanol–water partition coefficient (Wildman–Crippen LogP) is 2.32. The van der Waals surface area contributed by atoms with Crippen molar-refractivity contribution in [2.24, 2.45) is 0 Å². The molecule has 0 atom stereocenters. The molecule has 0 spiro atoms. The fourth-order valence-electron chi connectivity index (χ4n) is 2.31.